The van der Waals surface area contributed by atoms with E-state index in [0.29, 0.717) is 11.6 Å². The molecule has 224 valence electrons. The fourth-order valence-electron chi connectivity index (χ4n) is 5.23. The van der Waals surface area contributed by atoms with E-state index in [9.17, 15) is 31.5 Å². The number of amides is 2. The van der Waals surface area contributed by atoms with Crippen LogP contribution in [-0.2, 0) is 22.9 Å². The summed E-state index contributed by atoms with van der Waals surface area (Å²) in [7, 11) is 0. The van der Waals surface area contributed by atoms with Crippen LogP contribution in [0.25, 0.3) is 0 Å². The van der Waals surface area contributed by atoms with E-state index in [-0.39, 0.29) is 48.8 Å². The first-order valence-electron chi connectivity index (χ1n) is 13.6. The Balaban J connectivity index is 1.87. The molecular formula is C31H31F5N2O4. The predicted molar refractivity (Wildman–Crippen MR) is 145 cm³/mol. The number of carbonyl (C=O) groups excluding carboxylic acids is 1. The molecule has 0 aliphatic heterocycles. The van der Waals surface area contributed by atoms with E-state index in [2.05, 4.69) is 10.6 Å². The second-order valence-corrected chi connectivity index (χ2v) is 10.4. The maximum absolute atomic E-state index is 14.9. The Labute approximate surface area is 239 Å². The molecule has 11 heteroatoms. The van der Waals surface area contributed by atoms with Gasteiger partial charge < -0.3 is 20.5 Å². The number of ether oxygens (including phenoxy) is 1. The molecule has 4 rings (SSSR count). The number of urea groups is 1. The predicted octanol–water partition coefficient (Wildman–Crippen LogP) is 6.96. The van der Waals surface area contributed by atoms with Gasteiger partial charge in [-0.1, -0.05) is 49.2 Å². The highest BCUT2D eigenvalue weighted by Crippen LogP contribution is 2.39. The van der Waals surface area contributed by atoms with Gasteiger partial charge in [-0.2, -0.15) is 13.2 Å². The van der Waals surface area contributed by atoms with Crippen LogP contribution in [0.1, 0.15) is 60.8 Å². The van der Waals surface area contributed by atoms with Crippen molar-refractivity contribution in [3.05, 3.63) is 101 Å². The Kier molecular flexibility index (Phi) is 9.70. The number of alkyl halides is 3. The van der Waals surface area contributed by atoms with Crippen LogP contribution in [0, 0.1) is 11.6 Å². The van der Waals surface area contributed by atoms with Gasteiger partial charge in [0, 0.05) is 18.9 Å². The van der Waals surface area contributed by atoms with Crippen molar-refractivity contribution in [1.29, 1.82) is 0 Å². The number of hydrogen-bond donors (Lipinski definition) is 3. The van der Waals surface area contributed by atoms with Crippen molar-refractivity contribution in [1.82, 2.24) is 10.6 Å². The van der Waals surface area contributed by atoms with Crippen LogP contribution < -0.4 is 15.4 Å². The van der Waals surface area contributed by atoms with Crippen molar-refractivity contribution in [3.8, 4) is 5.75 Å². The number of aliphatic carboxylic acids is 1. The van der Waals surface area contributed by atoms with Crippen LogP contribution in [0.3, 0.4) is 0 Å². The molecular weight excluding hydrogens is 559 g/mol. The van der Waals surface area contributed by atoms with Gasteiger partial charge in [-0.15, -0.1) is 0 Å². The van der Waals surface area contributed by atoms with Crippen molar-refractivity contribution in [2.45, 2.75) is 62.7 Å². The van der Waals surface area contributed by atoms with Gasteiger partial charge in [0.05, 0.1) is 17.7 Å². The molecule has 1 fully saturated rings. The summed E-state index contributed by atoms with van der Waals surface area (Å²) in [6, 6.07) is 13.4. The number of carboxylic acids is 1. The zero-order valence-electron chi connectivity index (χ0n) is 22.6. The molecule has 1 aliphatic carbocycles. The van der Waals surface area contributed by atoms with Gasteiger partial charge in [-0.3, -0.25) is 4.79 Å². The summed E-state index contributed by atoms with van der Waals surface area (Å²) in [5, 5.41) is 14.6. The quantitative estimate of drug-likeness (QED) is 0.167. The molecule has 3 N–H and O–H groups in total. The van der Waals surface area contributed by atoms with E-state index in [1.165, 1.54) is 12.1 Å². The van der Waals surface area contributed by atoms with E-state index in [0.717, 1.165) is 43.9 Å². The molecule has 0 saturated heterocycles. The highest BCUT2D eigenvalue weighted by molar-refractivity contribution is 5.76. The number of halogens is 5. The van der Waals surface area contributed by atoms with Gasteiger partial charge in [0.1, 0.15) is 5.82 Å². The second kappa shape index (κ2) is 13.2. The molecule has 0 spiro atoms. The largest absolute Gasteiger partial charge is 0.490 e. The van der Waals surface area contributed by atoms with Gasteiger partial charge in [0.2, 0.25) is 0 Å². The van der Waals surface area contributed by atoms with Gasteiger partial charge in [0.25, 0.3) is 0 Å². The lowest BCUT2D eigenvalue weighted by molar-refractivity contribution is -0.138. The van der Waals surface area contributed by atoms with Gasteiger partial charge in [-0.25, -0.2) is 13.6 Å². The SMILES string of the molecule is O=C(O)CCCOc1cc([C@@](Cc2ccccc2)(NC(=O)NC2CCCC2)c2cc(F)cc(C(F)(F)F)c2)ccc1F. The van der Waals surface area contributed by atoms with E-state index >= 15 is 0 Å². The third-order valence-electron chi connectivity index (χ3n) is 7.26. The molecule has 6 nitrogen and oxygen atoms in total. The van der Waals surface area contributed by atoms with Crippen LogP contribution >= 0.6 is 0 Å². The molecule has 1 aliphatic rings. The molecule has 2 amide bonds. The summed E-state index contributed by atoms with van der Waals surface area (Å²) < 4.78 is 76.8. The molecule has 0 bridgehead atoms. The van der Waals surface area contributed by atoms with Gasteiger partial charge >= 0.3 is 18.2 Å². The van der Waals surface area contributed by atoms with Crippen LogP contribution in [0.4, 0.5) is 26.7 Å². The van der Waals surface area contributed by atoms with Crippen molar-refractivity contribution < 1.29 is 41.4 Å². The molecule has 0 radical (unpaired) electrons. The molecule has 3 aromatic carbocycles. The summed E-state index contributed by atoms with van der Waals surface area (Å²) in [6.07, 6.45) is -1.83. The average Bonchev–Trinajstić information content (AvgIpc) is 3.44. The second-order valence-electron chi connectivity index (χ2n) is 10.4. The minimum atomic E-state index is -4.89. The van der Waals surface area contributed by atoms with Crippen LogP contribution in [0.5, 0.6) is 5.75 Å². The minimum absolute atomic E-state index is 0.0784. The van der Waals surface area contributed by atoms with Gasteiger partial charge in [0.15, 0.2) is 11.6 Å². The smallest absolute Gasteiger partial charge is 0.416 e. The van der Waals surface area contributed by atoms with E-state index in [1.54, 1.807) is 30.3 Å². The zero-order chi connectivity index (χ0) is 30.3. The highest BCUT2D eigenvalue weighted by atomic mass is 19.4. The summed E-state index contributed by atoms with van der Waals surface area (Å²) >= 11 is 0. The Bertz CT molecular complexity index is 1390. The molecule has 0 aromatic heterocycles. The van der Waals surface area contributed by atoms with Crippen LogP contribution in [0.15, 0.2) is 66.7 Å². The summed E-state index contributed by atoms with van der Waals surface area (Å²) in [6.45, 7) is -0.147. The van der Waals surface area contributed by atoms with E-state index < -0.39 is 40.9 Å². The van der Waals surface area contributed by atoms with Crippen LogP contribution in [-0.4, -0.2) is 29.8 Å². The fourth-order valence-corrected chi connectivity index (χ4v) is 5.23. The lowest BCUT2D eigenvalue weighted by Crippen LogP contribution is -2.53. The highest BCUT2D eigenvalue weighted by Gasteiger charge is 2.40. The molecule has 3 aromatic rings. The van der Waals surface area contributed by atoms with Crippen molar-refractivity contribution in [2.24, 2.45) is 0 Å². The molecule has 0 heterocycles. The van der Waals surface area contributed by atoms with Crippen molar-refractivity contribution in [2.75, 3.05) is 6.61 Å². The van der Waals surface area contributed by atoms with Crippen molar-refractivity contribution >= 4 is 12.0 Å². The Morgan fingerprint density at radius 1 is 0.905 bits per heavy atom. The number of carboxylic acid groups (broad SMARTS) is 1. The number of nitrogens with one attached hydrogen (secondary N) is 2. The molecule has 1 saturated carbocycles. The first-order chi connectivity index (χ1) is 20.0. The van der Waals surface area contributed by atoms with Gasteiger partial charge in [-0.05, 0) is 66.3 Å². The molecule has 0 unspecified atom stereocenters. The Hall–Kier alpha value is -4.15. The summed E-state index contributed by atoms with van der Waals surface area (Å²) in [5.74, 6) is -3.31. The number of hydrogen-bond acceptors (Lipinski definition) is 3. The number of rotatable bonds is 11. The third-order valence-corrected chi connectivity index (χ3v) is 7.26. The maximum Gasteiger partial charge on any atom is 0.416 e. The minimum Gasteiger partial charge on any atom is -0.490 e. The topological polar surface area (TPSA) is 87.7 Å². The summed E-state index contributed by atoms with van der Waals surface area (Å²) in [4.78, 5) is 24.3. The molecule has 42 heavy (non-hydrogen) atoms. The maximum atomic E-state index is 14.9. The van der Waals surface area contributed by atoms with E-state index in [4.69, 9.17) is 9.84 Å². The first-order valence-corrected chi connectivity index (χ1v) is 13.6. The lowest BCUT2D eigenvalue weighted by Gasteiger charge is -2.37. The monoisotopic (exact) mass is 590 g/mol. The zero-order valence-corrected chi connectivity index (χ0v) is 22.6. The fraction of sp³-hybridized carbons (Fsp3) is 0.355. The Morgan fingerprint density at radius 2 is 1.60 bits per heavy atom. The van der Waals surface area contributed by atoms with E-state index in [1.807, 2.05) is 0 Å². The first kappa shape index (κ1) is 30.8. The number of carbonyl (C=O) groups is 2. The standard InChI is InChI=1S/C31H31F5N2O4/c32-24-16-22(15-23(17-24)31(34,35)36)30(19-20-7-2-1-3-8-20,38-29(41)37-25-9-4-5-10-25)21-12-13-26(33)27(18-21)42-14-6-11-28(39)40/h1-3,7-8,12-13,15-18,25H,4-6,9-11,14,19H2,(H,39,40)(H2,37,38,41)/t30-/m1/s1. The summed E-state index contributed by atoms with van der Waals surface area (Å²) in [5.41, 5.74) is -2.52. The lowest BCUT2D eigenvalue weighted by atomic mass is 9.77. The van der Waals surface area contributed by atoms with Crippen molar-refractivity contribution in [3.63, 3.8) is 0 Å². The van der Waals surface area contributed by atoms with Crippen LogP contribution in [0.2, 0.25) is 0 Å². The average molecular weight is 591 g/mol. The normalized spacial score (nSPS) is 15.2. The molecule has 1 atom stereocenters. The third kappa shape index (κ3) is 7.77. The number of benzene rings is 3. The Morgan fingerprint density at radius 3 is 2.26 bits per heavy atom.